The number of hydrogen-bond acceptors (Lipinski definition) is 5. The molecule has 1 heterocycles. The van der Waals surface area contributed by atoms with Gasteiger partial charge in [-0.3, -0.25) is 9.78 Å². The molecule has 0 spiro atoms. The molecule has 1 amide bonds. The molecule has 2 aromatic rings. The maximum Gasteiger partial charge on any atom is 0.271 e. The van der Waals surface area contributed by atoms with Gasteiger partial charge in [0.25, 0.3) is 5.91 Å². The maximum absolute atomic E-state index is 11.9. The van der Waals surface area contributed by atoms with Crippen LogP contribution in [-0.4, -0.2) is 36.6 Å². The first kappa shape index (κ1) is 15.8. The van der Waals surface area contributed by atoms with Crippen molar-refractivity contribution in [1.82, 2.24) is 15.3 Å². The van der Waals surface area contributed by atoms with E-state index < -0.39 is 0 Å². The van der Waals surface area contributed by atoms with Crippen LogP contribution in [0.1, 0.15) is 21.7 Å². The second-order valence-electron chi connectivity index (χ2n) is 4.74. The zero-order valence-electron chi connectivity index (χ0n) is 12.9. The Morgan fingerprint density at radius 3 is 2.55 bits per heavy atom. The van der Waals surface area contributed by atoms with Crippen molar-refractivity contribution in [1.29, 1.82) is 0 Å². The summed E-state index contributed by atoms with van der Waals surface area (Å²) < 4.78 is 10.4. The highest BCUT2D eigenvalue weighted by molar-refractivity contribution is 5.91. The second-order valence-corrected chi connectivity index (χ2v) is 4.74. The average molecular weight is 301 g/mol. The van der Waals surface area contributed by atoms with Gasteiger partial charge in [-0.2, -0.15) is 0 Å². The topological polar surface area (TPSA) is 73.3 Å². The third kappa shape index (κ3) is 3.94. The molecule has 0 atom stereocenters. The summed E-state index contributed by atoms with van der Waals surface area (Å²) in [4.78, 5) is 20.0. The molecule has 0 saturated heterocycles. The van der Waals surface area contributed by atoms with E-state index >= 15 is 0 Å². The quantitative estimate of drug-likeness (QED) is 0.880. The lowest BCUT2D eigenvalue weighted by molar-refractivity contribution is 0.0948. The molecule has 1 N–H and O–H groups in total. The van der Waals surface area contributed by atoms with Gasteiger partial charge in [0.05, 0.1) is 26.1 Å². The van der Waals surface area contributed by atoms with Gasteiger partial charge in [0.2, 0.25) is 0 Å². The van der Waals surface area contributed by atoms with E-state index in [4.69, 9.17) is 9.47 Å². The first-order valence-corrected chi connectivity index (χ1v) is 6.91. The van der Waals surface area contributed by atoms with E-state index in [1.54, 1.807) is 20.4 Å². The van der Waals surface area contributed by atoms with Crippen LogP contribution in [0, 0.1) is 6.92 Å². The average Bonchev–Trinajstić information content (AvgIpc) is 2.55. The molecule has 0 unspecified atom stereocenters. The number of aryl methyl sites for hydroxylation is 1. The number of ether oxygens (including phenoxy) is 2. The molecule has 0 aliphatic carbocycles. The van der Waals surface area contributed by atoms with E-state index in [-0.39, 0.29) is 5.91 Å². The van der Waals surface area contributed by atoms with Gasteiger partial charge in [-0.1, -0.05) is 6.07 Å². The SMILES string of the molecule is COc1ccc(CCNC(=O)c2cnc(C)cn2)cc1OC. The number of nitrogens with one attached hydrogen (secondary N) is 1. The molecular formula is C16H19N3O3. The molecule has 1 aromatic heterocycles. The monoisotopic (exact) mass is 301 g/mol. The highest BCUT2D eigenvalue weighted by atomic mass is 16.5. The van der Waals surface area contributed by atoms with E-state index in [1.807, 2.05) is 25.1 Å². The number of methoxy groups -OCH3 is 2. The molecule has 1 aromatic carbocycles. The molecule has 0 aliphatic heterocycles. The third-order valence-electron chi connectivity index (χ3n) is 3.16. The van der Waals surface area contributed by atoms with Crippen LogP contribution in [0.25, 0.3) is 0 Å². The standard InChI is InChI=1S/C16H19N3O3/c1-11-9-19-13(10-18-11)16(20)17-7-6-12-4-5-14(21-2)15(8-12)22-3/h4-5,8-10H,6-7H2,1-3H3,(H,17,20). The molecular weight excluding hydrogens is 282 g/mol. The van der Waals surface area contributed by atoms with Gasteiger partial charge >= 0.3 is 0 Å². The Balaban J connectivity index is 1.90. The van der Waals surface area contributed by atoms with E-state index in [2.05, 4.69) is 15.3 Å². The van der Waals surface area contributed by atoms with Gasteiger partial charge in [0.1, 0.15) is 5.69 Å². The number of benzene rings is 1. The van der Waals surface area contributed by atoms with Crippen molar-refractivity contribution in [3.63, 3.8) is 0 Å². The van der Waals surface area contributed by atoms with Crippen LogP contribution in [0.3, 0.4) is 0 Å². The van der Waals surface area contributed by atoms with Crippen LogP contribution in [0.15, 0.2) is 30.6 Å². The van der Waals surface area contributed by atoms with E-state index in [1.165, 1.54) is 6.20 Å². The number of rotatable bonds is 6. The van der Waals surface area contributed by atoms with Crippen LogP contribution in [0.5, 0.6) is 11.5 Å². The lowest BCUT2D eigenvalue weighted by atomic mass is 10.1. The fourth-order valence-electron chi connectivity index (χ4n) is 1.96. The van der Waals surface area contributed by atoms with Gasteiger partial charge < -0.3 is 14.8 Å². The Morgan fingerprint density at radius 1 is 1.14 bits per heavy atom. The van der Waals surface area contributed by atoms with Crippen LogP contribution < -0.4 is 14.8 Å². The predicted molar refractivity (Wildman–Crippen MR) is 82.4 cm³/mol. The largest absolute Gasteiger partial charge is 0.493 e. The Morgan fingerprint density at radius 2 is 1.91 bits per heavy atom. The van der Waals surface area contributed by atoms with Crippen LogP contribution in [0.2, 0.25) is 0 Å². The lowest BCUT2D eigenvalue weighted by Crippen LogP contribution is -2.26. The van der Waals surface area contributed by atoms with E-state index in [9.17, 15) is 4.79 Å². The minimum Gasteiger partial charge on any atom is -0.493 e. The van der Waals surface area contributed by atoms with Crippen LogP contribution in [-0.2, 0) is 6.42 Å². The molecule has 0 saturated carbocycles. The normalized spacial score (nSPS) is 10.1. The Labute approximate surface area is 129 Å². The van der Waals surface area contributed by atoms with Crippen molar-refractivity contribution in [2.45, 2.75) is 13.3 Å². The van der Waals surface area contributed by atoms with Crippen molar-refractivity contribution >= 4 is 5.91 Å². The summed E-state index contributed by atoms with van der Waals surface area (Å²) in [6.07, 6.45) is 3.73. The van der Waals surface area contributed by atoms with Crippen LogP contribution >= 0.6 is 0 Å². The number of aromatic nitrogens is 2. The number of amides is 1. The van der Waals surface area contributed by atoms with E-state index in [0.29, 0.717) is 30.2 Å². The number of hydrogen-bond donors (Lipinski definition) is 1. The Kier molecular flexibility index (Phi) is 5.30. The zero-order chi connectivity index (χ0) is 15.9. The van der Waals surface area contributed by atoms with Gasteiger partial charge in [-0.05, 0) is 31.0 Å². The number of carbonyl (C=O) groups excluding carboxylic acids is 1. The highest BCUT2D eigenvalue weighted by Crippen LogP contribution is 2.27. The molecule has 0 bridgehead atoms. The fourth-order valence-corrected chi connectivity index (χ4v) is 1.96. The van der Waals surface area contributed by atoms with Crippen molar-refractivity contribution < 1.29 is 14.3 Å². The highest BCUT2D eigenvalue weighted by Gasteiger charge is 2.08. The zero-order valence-corrected chi connectivity index (χ0v) is 12.9. The summed E-state index contributed by atoms with van der Waals surface area (Å²) in [5.74, 6) is 1.13. The van der Waals surface area contributed by atoms with Gasteiger partial charge in [0.15, 0.2) is 11.5 Å². The second kappa shape index (κ2) is 7.40. The molecule has 22 heavy (non-hydrogen) atoms. The van der Waals surface area contributed by atoms with Crippen molar-refractivity contribution in [3.8, 4) is 11.5 Å². The smallest absolute Gasteiger partial charge is 0.271 e. The summed E-state index contributed by atoms with van der Waals surface area (Å²) in [5, 5.41) is 2.82. The molecule has 116 valence electrons. The minimum absolute atomic E-state index is 0.229. The first-order chi connectivity index (χ1) is 10.6. The van der Waals surface area contributed by atoms with Gasteiger partial charge in [-0.15, -0.1) is 0 Å². The van der Waals surface area contributed by atoms with Crippen molar-refractivity contribution in [3.05, 3.63) is 47.5 Å². The third-order valence-corrected chi connectivity index (χ3v) is 3.16. The van der Waals surface area contributed by atoms with Gasteiger partial charge in [-0.25, -0.2) is 4.98 Å². The molecule has 0 aliphatic rings. The van der Waals surface area contributed by atoms with Crippen molar-refractivity contribution in [2.75, 3.05) is 20.8 Å². The maximum atomic E-state index is 11.9. The summed E-state index contributed by atoms with van der Waals surface area (Å²) in [7, 11) is 3.19. The molecule has 0 fully saturated rings. The van der Waals surface area contributed by atoms with Crippen molar-refractivity contribution in [2.24, 2.45) is 0 Å². The summed E-state index contributed by atoms with van der Waals surface area (Å²) in [5.41, 5.74) is 2.15. The number of nitrogens with zero attached hydrogens (tertiary/aromatic N) is 2. The van der Waals surface area contributed by atoms with E-state index in [0.717, 1.165) is 11.3 Å². The number of carbonyl (C=O) groups is 1. The first-order valence-electron chi connectivity index (χ1n) is 6.91. The molecule has 6 nitrogen and oxygen atoms in total. The predicted octanol–water partition coefficient (Wildman–Crippen LogP) is 1.77. The molecule has 2 rings (SSSR count). The Hall–Kier alpha value is -2.63. The summed E-state index contributed by atoms with van der Waals surface area (Å²) in [6.45, 7) is 2.33. The van der Waals surface area contributed by atoms with Gasteiger partial charge in [0, 0.05) is 12.7 Å². The summed E-state index contributed by atoms with van der Waals surface area (Å²) >= 11 is 0. The lowest BCUT2D eigenvalue weighted by Gasteiger charge is -2.10. The summed E-state index contributed by atoms with van der Waals surface area (Å²) in [6, 6.07) is 5.69. The molecule has 0 radical (unpaired) electrons. The molecule has 6 heteroatoms. The minimum atomic E-state index is -0.229. The Bertz CT molecular complexity index is 642. The van der Waals surface area contributed by atoms with Crippen LogP contribution in [0.4, 0.5) is 0 Å². The fraction of sp³-hybridized carbons (Fsp3) is 0.312.